The second-order valence-electron chi connectivity index (χ2n) is 4.00. The molecule has 5 heteroatoms. The van der Waals surface area contributed by atoms with Gasteiger partial charge in [-0.05, 0) is 26.0 Å². The van der Waals surface area contributed by atoms with Gasteiger partial charge in [0.2, 0.25) is 0 Å². The summed E-state index contributed by atoms with van der Waals surface area (Å²) < 4.78 is 5.40. The van der Waals surface area contributed by atoms with Crippen LogP contribution in [0.4, 0.5) is 0 Å². The highest BCUT2D eigenvalue weighted by molar-refractivity contribution is 6.32. The third kappa shape index (κ3) is 4.20. The van der Waals surface area contributed by atoms with E-state index in [0.717, 1.165) is 18.5 Å². The minimum absolute atomic E-state index is 0.430. The van der Waals surface area contributed by atoms with E-state index in [2.05, 4.69) is 12.2 Å². The van der Waals surface area contributed by atoms with E-state index in [4.69, 9.17) is 21.4 Å². The number of aliphatic carboxylic acids is 1. The largest absolute Gasteiger partial charge is 0.479 e. The molecule has 18 heavy (non-hydrogen) atoms. The first-order valence-corrected chi connectivity index (χ1v) is 6.31. The summed E-state index contributed by atoms with van der Waals surface area (Å²) >= 11 is 6.05. The molecule has 0 bridgehead atoms. The van der Waals surface area contributed by atoms with E-state index in [1.807, 2.05) is 12.1 Å². The molecule has 100 valence electrons. The van der Waals surface area contributed by atoms with Crippen molar-refractivity contribution in [1.29, 1.82) is 0 Å². The quantitative estimate of drug-likeness (QED) is 0.749. The van der Waals surface area contributed by atoms with Gasteiger partial charge in [0.25, 0.3) is 0 Å². The lowest BCUT2D eigenvalue weighted by molar-refractivity contribution is -0.144. The Bertz CT molecular complexity index is 409. The van der Waals surface area contributed by atoms with Gasteiger partial charge in [-0.15, -0.1) is 0 Å². The zero-order valence-corrected chi connectivity index (χ0v) is 11.3. The highest BCUT2D eigenvalue weighted by Gasteiger charge is 2.16. The average molecular weight is 272 g/mol. The molecule has 0 amide bonds. The molecule has 0 heterocycles. The highest BCUT2D eigenvalue weighted by atomic mass is 35.5. The Kier molecular flexibility index (Phi) is 5.95. The summed E-state index contributed by atoms with van der Waals surface area (Å²) in [6.45, 7) is 5.06. The van der Waals surface area contributed by atoms with Gasteiger partial charge in [0.05, 0.1) is 5.02 Å². The van der Waals surface area contributed by atoms with Crippen LogP contribution in [0.5, 0.6) is 5.75 Å². The fraction of sp³-hybridized carbons (Fsp3) is 0.462. The molecule has 1 aromatic carbocycles. The van der Waals surface area contributed by atoms with E-state index in [-0.39, 0.29) is 0 Å². The van der Waals surface area contributed by atoms with Gasteiger partial charge >= 0.3 is 5.97 Å². The van der Waals surface area contributed by atoms with E-state index < -0.39 is 12.1 Å². The first kappa shape index (κ1) is 14.8. The number of rotatable bonds is 7. The Morgan fingerprint density at radius 1 is 1.56 bits per heavy atom. The molecule has 4 nitrogen and oxygen atoms in total. The van der Waals surface area contributed by atoms with Crippen LogP contribution in [0.3, 0.4) is 0 Å². The third-order valence-corrected chi connectivity index (χ3v) is 2.73. The van der Waals surface area contributed by atoms with Crippen molar-refractivity contribution in [3.05, 3.63) is 28.8 Å². The van der Waals surface area contributed by atoms with Gasteiger partial charge in [0.15, 0.2) is 6.10 Å². The molecule has 1 unspecified atom stereocenters. The fourth-order valence-corrected chi connectivity index (χ4v) is 1.69. The predicted molar refractivity (Wildman–Crippen MR) is 71.2 cm³/mol. The monoisotopic (exact) mass is 271 g/mol. The fourth-order valence-electron chi connectivity index (χ4n) is 1.45. The number of para-hydroxylation sites is 1. The molecule has 1 rings (SSSR count). The number of hydrogen-bond donors (Lipinski definition) is 2. The van der Waals surface area contributed by atoms with Gasteiger partial charge in [-0.1, -0.05) is 30.7 Å². The Hall–Kier alpha value is -1.26. The van der Waals surface area contributed by atoms with E-state index in [0.29, 0.717) is 17.3 Å². The minimum atomic E-state index is -1.01. The van der Waals surface area contributed by atoms with Crippen molar-refractivity contribution in [3.8, 4) is 5.75 Å². The molecule has 0 saturated carbocycles. The van der Waals surface area contributed by atoms with Crippen molar-refractivity contribution in [1.82, 2.24) is 5.32 Å². The average Bonchev–Trinajstić information content (AvgIpc) is 2.33. The van der Waals surface area contributed by atoms with Gasteiger partial charge in [0, 0.05) is 12.1 Å². The van der Waals surface area contributed by atoms with Gasteiger partial charge in [-0.2, -0.15) is 0 Å². The number of carbonyl (C=O) groups is 1. The molecule has 0 aromatic heterocycles. The minimum Gasteiger partial charge on any atom is -0.479 e. The van der Waals surface area contributed by atoms with Crippen molar-refractivity contribution in [2.75, 3.05) is 6.54 Å². The summed E-state index contributed by atoms with van der Waals surface area (Å²) in [5.41, 5.74) is 0.865. The lowest BCUT2D eigenvalue weighted by Gasteiger charge is -2.16. The van der Waals surface area contributed by atoms with Gasteiger partial charge in [-0.3, -0.25) is 0 Å². The lowest BCUT2D eigenvalue weighted by atomic mass is 10.2. The molecule has 0 saturated heterocycles. The normalized spacial score (nSPS) is 12.2. The third-order valence-electron chi connectivity index (χ3n) is 2.43. The van der Waals surface area contributed by atoms with Crippen LogP contribution in [-0.4, -0.2) is 23.7 Å². The van der Waals surface area contributed by atoms with Crippen LogP contribution in [0.1, 0.15) is 25.8 Å². The summed E-state index contributed by atoms with van der Waals surface area (Å²) in [4.78, 5) is 10.8. The van der Waals surface area contributed by atoms with Crippen LogP contribution >= 0.6 is 11.6 Å². The van der Waals surface area contributed by atoms with Crippen molar-refractivity contribution in [2.24, 2.45) is 0 Å². The topological polar surface area (TPSA) is 58.6 Å². The van der Waals surface area contributed by atoms with Gasteiger partial charge in [-0.25, -0.2) is 4.79 Å². The van der Waals surface area contributed by atoms with Gasteiger partial charge in [0.1, 0.15) is 5.75 Å². The molecular weight excluding hydrogens is 254 g/mol. The predicted octanol–water partition coefficient (Wildman–Crippen LogP) is 2.69. The second-order valence-corrected chi connectivity index (χ2v) is 4.41. The molecule has 0 fully saturated rings. The molecule has 0 radical (unpaired) electrons. The van der Waals surface area contributed by atoms with E-state index in [9.17, 15) is 4.79 Å². The molecular formula is C13H18ClNO3. The number of carboxylic acid groups (broad SMARTS) is 1. The Morgan fingerprint density at radius 2 is 2.28 bits per heavy atom. The molecule has 1 aromatic rings. The molecule has 1 atom stereocenters. The van der Waals surface area contributed by atoms with Crippen molar-refractivity contribution in [3.63, 3.8) is 0 Å². The van der Waals surface area contributed by atoms with Crippen LogP contribution < -0.4 is 10.1 Å². The van der Waals surface area contributed by atoms with Crippen LogP contribution in [0.15, 0.2) is 18.2 Å². The SMILES string of the molecule is CCCNCc1cccc(Cl)c1OC(C)C(=O)O. The van der Waals surface area contributed by atoms with Gasteiger partial charge < -0.3 is 15.2 Å². The lowest BCUT2D eigenvalue weighted by Crippen LogP contribution is -2.24. The Labute approximate surface area is 112 Å². The standard InChI is InChI=1S/C13H18ClNO3/c1-3-7-15-8-10-5-4-6-11(14)12(10)18-9(2)13(16)17/h4-6,9,15H,3,7-8H2,1-2H3,(H,16,17). The maximum Gasteiger partial charge on any atom is 0.344 e. The number of benzene rings is 1. The number of nitrogens with one attached hydrogen (secondary N) is 1. The smallest absolute Gasteiger partial charge is 0.344 e. The Balaban J connectivity index is 2.83. The maximum atomic E-state index is 10.8. The molecule has 2 N–H and O–H groups in total. The zero-order valence-electron chi connectivity index (χ0n) is 10.6. The molecule has 0 spiro atoms. The second kappa shape index (κ2) is 7.24. The first-order valence-electron chi connectivity index (χ1n) is 5.93. The molecule has 0 aliphatic carbocycles. The molecule has 0 aliphatic heterocycles. The highest BCUT2D eigenvalue weighted by Crippen LogP contribution is 2.29. The number of halogens is 1. The van der Waals surface area contributed by atoms with Crippen molar-refractivity contribution >= 4 is 17.6 Å². The number of carboxylic acids is 1. The zero-order chi connectivity index (χ0) is 13.5. The van der Waals surface area contributed by atoms with Crippen LogP contribution in [0.2, 0.25) is 5.02 Å². The van der Waals surface area contributed by atoms with E-state index in [1.165, 1.54) is 6.92 Å². The number of hydrogen-bond acceptors (Lipinski definition) is 3. The number of ether oxygens (including phenoxy) is 1. The maximum absolute atomic E-state index is 10.8. The summed E-state index contributed by atoms with van der Waals surface area (Å²) in [5.74, 6) is -0.569. The summed E-state index contributed by atoms with van der Waals surface area (Å²) in [6.07, 6.45) is 0.109. The molecule has 0 aliphatic rings. The Morgan fingerprint density at radius 3 is 2.89 bits per heavy atom. The van der Waals surface area contributed by atoms with E-state index >= 15 is 0 Å². The van der Waals surface area contributed by atoms with Crippen LogP contribution in [-0.2, 0) is 11.3 Å². The van der Waals surface area contributed by atoms with Crippen molar-refractivity contribution in [2.45, 2.75) is 32.9 Å². The summed E-state index contributed by atoms with van der Waals surface area (Å²) in [6, 6.07) is 5.39. The first-order chi connectivity index (χ1) is 8.56. The van der Waals surface area contributed by atoms with E-state index in [1.54, 1.807) is 6.07 Å². The van der Waals surface area contributed by atoms with Crippen molar-refractivity contribution < 1.29 is 14.6 Å². The summed E-state index contributed by atoms with van der Waals surface area (Å²) in [5, 5.41) is 12.5. The summed E-state index contributed by atoms with van der Waals surface area (Å²) in [7, 11) is 0. The van der Waals surface area contributed by atoms with Crippen LogP contribution in [0.25, 0.3) is 0 Å². The van der Waals surface area contributed by atoms with Crippen LogP contribution in [0, 0.1) is 0 Å².